The summed E-state index contributed by atoms with van der Waals surface area (Å²) in [6.07, 6.45) is 1.10. The van der Waals surface area contributed by atoms with Gasteiger partial charge in [-0.15, -0.1) is 0 Å². The lowest BCUT2D eigenvalue weighted by molar-refractivity contribution is -0.140. The highest BCUT2D eigenvalue weighted by molar-refractivity contribution is 5.73. The van der Waals surface area contributed by atoms with Gasteiger partial charge >= 0.3 is 5.97 Å². The van der Waals surface area contributed by atoms with Crippen LogP contribution in [0.25, 0.3) is 0 Å². The second kappa shape index (κ2) is 5.19. The summed E-state index contributed by atoms with van der Waals surface area (Å²) >= 11 is 0. The molecule has 0 rings (SSSR count). The Morgan fingerprint density at radius 3 is 2.38 bits per heavy atom. The Hall–Kier alpha value is -0.610. The third-order valence-electron chi connectivity index (χ3n) is 2.01. The maximum Gasteiger partial charge on any atom is 0.320 e. The Bertz CT molecular complexity index is 168. The normalized spacial score (nSPS) is 14.2. The van der Waals surface area contributed by atoms with Crippen LogP contribution >= 0.6 is 0 Å². The van der Waals surface area contributed by atoms with Crippen molar-refractivity contribution in [1.29, 1.82) is 0 Å². The number of carboxylic acid groups (broad SMARTS) is 1. The van der Waals surface area contributed by atoms with Crippen molar-refractivity contribution in [1.82, 2.24) is 5.32 Å². The van der Waals surface area contributed by atoms with E-state index in [-0.39, 0.29) is 12.1 Å². The van der Waals surface area contributed by atoms with E-state index in [1.54, 1.807) is 0 Å². The fourth-order valence-electron chi connectivity index (χ4n) is 1.16. The van der Waals surface area contributed by atoms with Crippen LogP contribution < -0.4 is 5.32 Å². The molecule has 0 bridgehead atoms. The number of carbonyl (C=O) groups is 1. The van der Waals surface area contributed by atoms with Gasteiger partial charge in [0.05, 0.1) is 0 Å². The van der Waals surface area contributed by atoms with Gasteiger partial charge in [-0.1, -0.05) is 6.92 Å². The molecule has 0 amide bonds. The van der Waals surface area contributed by atoms with Crippen LogP contribution in [0.15, 0.2) is 0 Å². The van der Waals surface area contributed by atoms with Crippen LogP contribution in [0.5, 0.6) is 0 Å². The van der Waals surface area contributed by atoms with Crippen LogP contribution in [0, 0.1) is 0 Å². The van der Waals surface area contributed by atoms with E-state index in [0.717, 1.165) is 0 Å². The first kappa shape index (κ1) is 12.4. The quantitative estimate of drug-likeness (QED) is 0.572. The predicted molar refractivity (Wildman–Crippen MR) is 50.6 cm³/mol. The van der Waals surface area contributed by atoms with E-state index < -0.39 is 12.0 Å². The van der Waals surface area contributed by atoms with E-state index in [1.165, 1.54) is 0 Å². The predicted octanol–water partition coefficient (Wildman–Crippen LogP) is 0.600. The fraction of sp³-hybridized carbons (Fsp3) is 0.889. The fourth-order valence-corrected chi connectivity index (χ4v) is 1.16. The topological polar surface area (TPSA) is 69.6 Å². The first-order valence-electron chi connectivity index (χ1n) is 4.54. The lowest BCUT2D eigenvalue weighted by atomic mass is 9.99. The molecule has 0 saturated heterocycles. The Kier molecular flexibility index (Phi) is 4.95. The van der Waals surface area contributed by atoms with Crippen molar-refractivity contribution < 1.29 is 15.0 Å². The van der Waals surface area contributed by atoms with Gasteiger partial charge in [0.2, 0.25) is 0 Å². The van der Waals surface area contributed by atoms with Crippen LogP contribution in [0.1, 0.15) is 33.6 Å². The van der Waals surface area contributed by atoms with E-state index >= 15 is 0 Å². The number of aliphatic carboxylic acids is 1. The number of nitrogens with one attached hydrogen (secondary N) is 1. The summed E-state index contributed by atoms with van der Waals surface area (Å²) < 4.78 is 0. The van der Waals surface area contributed by atoms with E-state index in [4.69, 9.17) is 10.2 Å². The molecule has 1 atom stereocenters. The minimum Gasteiger partial charge on any atom is -0.480 e. The molecule has 0 fully saturated rings. The summed E-state index contributed by atoms with van der Waals surface area (Å²) in [5.74, 6) is -0.839. The molecule has 0 aromatic rings. The Labute approximate surface area is 79.0 Å². The Morgan fingerprint density at radius 1 is 1.54 bits per heavy atom. The third kappa shape index (κ3) is 4.85. The highest BCUT2D eigenvalue weighted by atomic mass is 16.4. The largest absolute Gasteiger partial charge is 0.480 e. The van der Waals surface area contributed by atoms with Crippen LogP contribution in [0.4, 0.5) is 0 Å². The molecule has 4 nitrogen and oxygen atoms in total. The molecule has 1 unspecified atom stereocenters. The van der Waals surface area contributed by atoms with Crippen LogP contribution in [-0.2, 0) is 4.79 Å². The molecule has 0 aromatic carbocycles. The molecule has 0 heterocycles. The minimum atomic E-state index is -0.839. The van der Waals surface area contributed by atoms with Crippen molar-refractivity contribution in [3.05, 3.63) is 0 Å². The molecule has 0 saturated carbocycles. The van der Waals surface area contributed by atoms with Crippen molar-refractivity contribution in [3.8, 4) is 0 Å². The van der Waals surface area contributed by atoms with Crippen molar-refractivity contribution >= 4 is 5.97 Å². The Balaban J connectivity index is 4.13. The van der Waals surface area contributed by atoms with E-state index in [1.807, 2.05) is 20.8 Å². The average Bonchev–Trinajstić information content (AvgIpc) is 1.99. The summed E-state index contributed by atoms with van der Waals surface area (Å²) in [4.78, 5) is 10.7. The summed E-state index contributed by atoms with van der Waals surface area (Å²) in [5.41, 5.74) is -0.326. The zero-order valence-corrected chi connectivity index (χ0v) is 8.50. The molecular weight excluding hydrogens is 170 g/mol. The van der Waals surface area contributed by atoms with Gasteiger partial charge in [-0.05, 0) is 26.7 Å². The van der Waals surface area contributed by atoms with Gasteiger partial charge in [0.1, 0.15) is 6.04 Å². The summed E-state index contributed by atoms with van der Waals surface area (Å²) in [7, 11) is 0. The molecule has 3 N–H and O–H groups in total. The van der Waals surface area contributed by atoms with Gasteiger partial charge in [-0.2, -0.15) is 0 Å². The van der Waals surface area contributed by atoms with E-state index in [9.17, 15) is 4.79 Å². The zero-order chi connectivity index (χ0) is 10.5. The first-order valence-corrected chi connectivity index (χ1v) is 4.54. The molecule has 78 valence electrons. The van der Waals surface area contributed by atoms with Crippen LogP contribution in [0.2, 0.25) is 0 Å². The van der Waals surface area contributed by atoms with Gasteiger partial charge < -0.3 is 10.2 Å². The number of aliphatic hydroxyl groups excluding tert-OH is 1. The molecule has 0 aromatic heterocycles. The Morgan fingerprint density at radius 2 is 2.08 bits per heavy atom. The third-order valence-corrected chi connectivity index (χ3v) is 2.01. The molecule has 0 aliphatic rings. The second-order valence-corrected chi connectivity index (χ2v) is 3.80. The second-order valence-electron chi connectivity index (χ2n) is 3.80. The highest BCUT2D eigenvalue weighted by Gasteiger charge is 2.24. The lowest BCUT2D eigenvalue weighted by Gasteiger charge is -2.28. The molecular formula is C9H19NO3. The number of hydrogen-bond donors (Lipinski definition) is 3. The minimum absolute atomic E-state index is 0.0655. The van der Waals surface area contributed by atoms with Gasteiger partial charge in [-0.3, -0.25) is 10.1 Å². The molecule has 4 heteroatoms. The molecule has 13 heavy (non-hydrogen) atoms. The maximum atomic E-state index is 10.7. The standard InChI is InChI=1S/C9H19NO3/c1-4-7(8(12)13)10-9(2,3)5-6-11/h7,10-11H,4-6H2,1-3H3,(H,12,13). The maximum absolute atomic E-state index is 10.7. The van der Waals surface area contributed by atoms with Gasteiger partial charge in [0.15, 0.2) is 0 Å². The summed E-state index contributed by atoms with van der Waals surface area (Å²) in [6, 6.07) is -0.526. The average molecular weight is 189 g/mol. The molecule has 0 aliphatic carbocycles. The van der Waals surface area contributed by atoms with E-state index in [0.29, 0.717) is 12.8 Å². The monoisotopic (exact) mass is 189 g/mol. The summed E-state index contributed by atoms with van der Waals surface area (Å²) in [6.45, 7) is 5.65. The van der Waals surface area contributed by atoms with Gasteiger partial charge in [0, 0.05) is 12.1 Å². The number of carboxylic acids is 1. The SMILES string of the molecule is CCC(NC(C)(C)CCO)C(=O)O. The van der Waals surface area contributed by atoms with Gasteiger partial charge in [-0.25, -0.2) is 0 Å². The number of hydrogen-bond acceptors (Lipinski definition) is 3. The summed E-state index contributed by atoms with van der Waals surface area (Å²) in [5, 5.41) is 20.5. The van der Waals surface area contributed by atoms with Gasteiger partial charge in [0.25, 0.3) is 0 Å². The molecule has 0 radical (unpaired) electrons. The number of rotatable bonds is 6. The van der Waals surface area contributed by atoms with Crippen molar-refractivity contribution in [3.63, 3.8) is 0 Å². The van der Waals surface area contributed by atoms with Crippen molar-refractivity contribution in [2.75, 3.05) is 6.61 Å². The smallest absolute Gasteiger partial charge is 0.320 e. The highest BCUT2D eigenvalue weighted by Crippen LogP contribution is 2.09. The van der Waals surface area contributed by atoms with Crippen molar-refractivity contribution in [2.45, 2.75) is 45.2 Å². The van der Waals surface area contributed by atoms with E-state index in [2.05, 4.69) is 5.32 Å². The van der Waals surface area contributed by atoms with Crippen LogP contribution in [-0.4, -0.2) is 34.4 Å². The lowest BCUT2D eigenvalue weighted by Crippen LogP contribution is -2.49. The molecule has 0 aliphatic heterocycles. The van der Waals surface area contributed by atoms with Crippen molar-refractivity contribution in [2.24, 2.45) is 0 Å². The first-order chi connectivity index (χ1) is 5.93. The zero-order valence-electron chi connectivity index (χ0n) is 8.50. The molecule has 0 spiro atoms. The number of aliphatic hydroxyl groups is 1. The van der Waals surface area contributed by atoms with Crippen LogP contribution in [0.3, 0.4) is 0 Å².